The second-order valence-corrected chi connectivity index (χ2v) is 10.2. The van der Waals surface area contributed by atoms with E-state index < -0.39 is 35.0 Å². The molecule has 1 saturated heterocycles. The lowest BCUT2D eigenvalue weighted by Gasteiger charge is -2.47. The average molecular weight is 463 g/mol. The second-order valence-electron chi connectivity index (χ2n) is 10.2. The molecule has 34 heavy (non-hydrogen) atoms. The van der Waals surface area contributed by atoms with Crippen molar-refractivity contribution in [3.05, 3.63) is 77.9 Å². The summed E-state index contributed by atoms with van der Waals surface area (Å²) in [5, 5.41) is 0. The first-order valence-corrected chi connectivity index (χ1v) is 12.1. The van der Waals surface area contributed by atoms with Crippen LogP contribution in [0.4, 0.5) is 0 Å². The molecule has 1 unspecified atom stereocenters. The zero-order valence-corrected chi connectivity index (χ0v) is 20.5. The van der Waals surface area contributed by atoms with Crippen molar-refractivity contribution >= 4 is 11.9 Å². The number of methoxy groups -OCH3 is 1. The Morgan fingerprint density at radius 3 is 2.35 bits per heavy atom. The zero-order valence-electron chi connectivity index (χ0n) is 20.5. The first kappa shape index (κ1) is 24.1. The minimum absolute atomic E-state index is 0.0351. The normalized spacial score (nSPS) is 27.1. The maximum absolute atomic E-state index is 13.7. The van der Waals surface area contributed by atoms with Gasteiger partial charge in [-0.25, -0.2) is 0 Å². The van der Waals surface area contributed by atoms with Crippen LogP contribution < -0.4 is 4.74 Å². The summed E-state index contributed by atoms with van der Waals surface area (Å²) >= 11 is 0. The van der Waals surface area contributed by atoms with Crippen molar-refractivity contribution in [1.82, 2.24) is 0 Å². The summed E-state index contributed by atoms with van der Waals surface area (Å²) < 4.78 is 17.3. The van der Waals surface area contributed by atoms with Crippen molar-refractivity contribution in [1.29, 1.82) is 0 Å². The zero-order chi connectivity index (χ0) is 24.3. The number of hydrogen-bond donors (Lipinski definition) is 0. The summed E-state index contributed by atoms with van der Waals surface area (Å²) in [6, 6.07) is 17.6. The third kappa shape index (κ3) is 4.89. The molecule has 5 nitrogen and oxygen atoms in total. The first-order valence-electron chi connectivity index (χ1n) is 12.1. The van der Waals surface area contributed by atoms with Crippen LogP contribution in [0.5, 0.6) is 5.75 Å². The molecule has 2 aromatic rings. The van der Waals surface area contributed by atoms with Crippen molar-refractivity contribution < 1.29 is 23.8 Å². The Labute approximate surface area is 202 Å². The molecule has 1 fully saturated rings. The molecule has 180 valence electrons. The number of rotatable bonds is 5. The van der Waals surface area contributed by atoms with Crippen LogP contribution in [-0.2, 0) is 24.7 Å². The second kappa shape index (κ2) is 9.65. The molecule has 0 N–H and O–H groups in total. The van der Waals surface area contributed by atoms with Gasteiger partial charge in [-0.15, -0.1) is 0 Å². The van der Waals surface area contributed by atoms with E-state index in [-0.39, 0.29) is 5.92 Å². The van der Waals surface area contributed by atoms with Crippen LogP contribution in [0.1, 0.15) is 63.5 Å². The highest BCUT2D eigenvalue weighted by Crippen LogP contribution is 2.52. The van der Waals surface area contributed by atoms with Crippen LogP contribution in [0.2, 0.25) is 0 Å². The Morgan fingerprint density at radius 1 is 1.06 bits per heavy atom. The van der Waals surface area contributed by atoms with Gasteiger partial charge >= 0.3 is 11.9 Å². The summed E-state index contributed by atoms with van der Waals surface area (Å²) in [4.78, 5) is 27.0. The maximum Gasteiger partial charge on any atom is 0.321 e. The van der Waals surface area contributed by atoms with Gasteiger partial charge in [-0.2, -0.15) is 0 Å². The highest BCUT2D eigenvalue weighted by Gasteiger charge is 2.55. The molecule has 4 atom stereocenters. The smallest absolute Gasteiger partial charge is 0.321 e. The largest absolute Gasteiger partial charge is 0.497 e. The molecular formula is C29H34O5. The SMILES string of the molecule is COc1ccc([C@H]2CC(c3ccccc3)([C@@H]3C=CCCC3)OC(=O)[C@@H]2C(=O)OC(C)(C)C)cc1. The first-order chi connectivity index (χ1) is 16.2. The highest BCUT2D eigenvalue weighted by molar-refractivity contribution is 5.97. The van der Waals surface area contributed by atoms with E-state index in [0.717, 1.165) is 36.1 Å². The van der Waals surface area contributed by atoms with Gasteiger partial charge in [0.1, 0.15) is 17.0 Å². The van der Waals surface area contributed by atoms with Gasteiger partial charge in [-0.3, -0.25) is 9.59 Å². The van der Waals surface area contributed by atoms with E-state index in [0.29, 0.717) is 6.42 Å². The minimum atomic E-state index is -1.03. The number of benzene rings is 2. The summed E-state index contributed by atoms with van der Waals surface area (Å²) in [7, 11) is 1.62. The number of carbonyl (C=O) groups is 2. The van der Waals surface area contributed by atoms with Gasteiger partial charge < -0.3 is 14.2 Å². The van der Waals surface area contributed by atoms with Crippen molar-refractivity contribution in [2.45, 2.75) is 63.6 Å². The van der Waals surface area contributed by atoms with Gasteiger partial charge in [0, 0.05) is 18.3 Å². The van der Waals surface area contributed by atoms with Crippen LogP contribution in [0.15, 0.2) is 66.7 Å². The summed E-state index contributed by atoms with van der Waals surface area (Å²) in [5.74, 6) is -1.73. The van der Waals surface area contributed by atoms with E-state index in [1.807, 2.05) is 75.4 Å². The lowest BCUT2D eigenvalue weighted by Crippen LogP contribution is -2.51. The molecule has 0 spiro atoms. The quantitative estimate of drug-likeness (QED) is 0.313. The van der Waals surface area contributed by atoms with Crippen LogP contribution in [0.25, 0.3) is 0 Å². The molecule has 5 heteroatoms. The molecule has 1 heterocycles. The maximum atomic E-state index is 13.7. The Morgan fingerprint density at radius 2 is 1.76 bits per heavy atom. The van der Waals surface area contributed by atoms with Crippen molar-refractivity contribution in [3.8, 4) is 5.75 Å². The Hall–Kier alpha value is -3.08. The number of hydrogen-bond acceptors (Lipinski definition) is 5. The van der Waals surface area contributed by atoms with E-state index in [4.69, 9.17) is 14.2 Å². The Bertz CT molecular complexity index is 1030. The highest BCUT2D eigenvalue weighted by atomic mass is 16.6. The Kier molecular flexibility index (Phi) is 6.83. The van der Waals surface area contributed by atoms with E-state index in [1.165, 1.54) is 0 Å². The molecule has 4 rings (SSSR count). The molecule has 2 aliphatic rings. The van der Waals surface area contributed by atoms with Crippen LogP contribution in [0.3, 0.4) is 0 Å². The van der Waals surface area contributed by atoms with Gasteiger partial charge in [-0.05, 0) is 63.3 Å². The number of allylic oxidation sites excluding steroid dienone is 1. The lowest BCUT2D eigenvalue weighted by atomic mass is 9.66. The van der Waals surface area contributed by atoms with Gasteiger partial charge in [0.25, 0.3) is 0 Å². The predicted octanol–water partition coefficient (Wildman–Crippen LogP) is 5.94. The number of esters is 2. The number of carbonyl (C=O) groups excluding carboxylic acids is 2. The minimum Gasteiger partial charge on any atom is -0.497 e. The monoisotopic (exact) mass is 462 g/mol. The van der Waals surface area contributed by atoms with Gasteiger partial charge in [0.2, 0.25) is 0 Å². The predicted molar refractivity (Wildman–Crippen MR) is 130 cm³/mol. The molecule has 0 aromatic heterocycles. The molecule has 0 bridgehead atoms. The molecule has 2 aromatic carbocycles. The summed E-state index contributed by atoms with van der Waals surface area (Å²) in [5.41, 5.74) is 0.301. The van der Waals surface area contributed by atoms with Gasteiger partial charge in [0.05, 0.1) is 7.11 Å². The molecule has 1 aliphatic carbocycles. The topological polar surface area (TPSA) is 61.8 Å². The lowest BCUT2D eigenvalue weighted by molar-refractivity contribution is -0.195. The molecule has 1 aliphatic heterocycles. The van der Waals surface area contributed by atoms with Crippen molar-refractivity contribution in [2.24, 2.45) is 11.8 Å². The summed E-state index contributed by atoms with van der Waals surface area (Å²) in [6.07, 6.45) is 7.84. The van der Waals surface area contributed by atoms with Crippen LogP contribution >= 0.6 is 0 Å². The van der Waals surface area contributed by atoms with Crippen molar-refractivity contribution in [3.63, 3.8) is 0 Å². The third-order valence-electron chi connectivity index (χ3n) is 6.78. The fourth-order valence-electron chi connectivity index (χ4n) is 5.22. The van der Waals surface area contributed by atoms with E-state index >= 15 is 0 Å². The van der Waals surface area contributed by atoms with Crippen LogP contribution in [-0.4, -0.2) is 24.6 Å². The van der Waals surface area contributed by atoms with Gasteiger partial charge in [0.15, 0.2) is 5.92 Å². The average Bonchev–Trinajstić information content (AvgIpc) is 2.83. The molecule has 0 radical (unpaired) electrons. The fraction of sp³-hybridized carbons (Fsp3) is 0.448. The molecule has 0 amide bonds. The fourth-order valence-corrected chi connectivity index (χ4v) is 5.22. The third-order valence-corrected chi connectivity index (χ3v) is 6.78. The van der Waals surface area contributed by atoms with E-state index in [9.17, 15) is 9.59 Å². The van der Waals surface area contributed by atoms with Gasteiger partial charge in [-0.1, -0.05) is 54.6 Å². The number of ether oxygens (including phenoxy) is 3. The summed E-state index contributed by atoms with van der Waals surface area (Å²) in [6.45, 7) is 5.42. The molecular weight excluding hydrogens is 428 g/mol. The van der Waals surface area contributed by atoms with Crippen molar-refractivity contribution in [2.75, 3.05) is 7.11 Å². The molecule has 0 saturated carbocycles. The van der Waals surface area contributed by atoms with E-state index in [1.54, 1.807) is 7.11 Å². The standard InChI is InChI=1S/C29H34O5/c1-28(2,3)33-26(30)25-24(20-15-17-23(32-4)18-16-20)19-29(34-27(25)31,21-11-7-5-8-12-21)22-13-9-6-10-14-22/h5,7-9,11-13,15-18,22,24-25H,6,10,14,19H2,1-4H3/t22-,24-,25+,29?/m1/s1. The van der Waals surface area contributed by atoms with Crippen LogP contribution in [0, 0.1) is 11.8 Å². The Balaban J connectivity index is 1.82. The number of cyclic esters (lactones) is 1. The van der Waals surface area contributed by atoms with E-state index in [2.05, 4.69) is 12.2 Å².